The molecule has 0 aromatic heterocycles. The van der Waals surface area contributed by atoms with Crippen LogP contribution in [-0.2, 0) is 11.3 Å². The summed E-state index contributed by atoms with van der Waals surface area (Å²) in [5, 5.41) is 3.04. The number of likely N-dealkylation sites (N-methyl/N-ethyl adjacent to an activating group) is 1. The molecule has 1 unspecified atom stereocenters. The maximum atomic E-state index is 12.1. The van der Waals surface area contributed by atoms with Gasteiger partial charge in [-0.2, -0.15) is 0 Å². The number of benzene rings is 2. The van der Waals surface area contributed by atoms with Gasteiger partial charge in [-0.15, -0.1) is 0 Å². The number of carbonyl (C=O) groups excluding carboxylic acids is 1. The predicted octanol–water partition coefficient (Wildman–Crippen LogP) is 3.76. The van der Waals surface area contributed by atoms with Gasteiger partial charge in [0.15, 0.2) is 0 Å². The summed E-state index contributed by atoms with van der Waals surface area (Å²) in [6, 6.07) is 18.1. The zero-order valence-electron chi connectivity index (χ0n) is 12.9. The average molecular weight is 361 g/mol. The molecule has 2 aromatic rings. The summed E-state index contributed by atoms with van der Waals surface area (Å²) in [6.07, 6.45) is 0. The Bertz CT molecular complexity index is 615. The minimum absolute atomic E-state index is 0.0190. The van der Waals surface area contributed by atoms with Gasteiger partial charge in [-0.3, -0.25) is 9.69 Å². The van der Waals surface area contributed by atoms with Crippen LogP contribution in [0, 0.1) is 0 Å². The molecule has 0 spiro atoms. The topological polar surface area (TPSA) is 32.3 Å². The number of nitrogens with one attached hydrogen (secondary N) is 1. The van der Waals surface area contributed by atoms with E-state index in [2.05, 4.69) is 27.3 Å². The first kappa shape index (κ1) is 16.7. The van der Waals surface area contributed by atoms with Gasteiger partial charge in [-0.1, -0.05) is 64.5 Å². The molecule has 2 rings (SSSR count). The SMILES string of the molecule is CC(NC(=O)CN(C)Cc1ccccc1Br)c1ccccc1. The van der Waals surface area contributed by atoms with Crippen LogP contribution in [0.4, 0.5) is 0 Å². The Kier molecular flexibility index (Phi) is 6.16. The van der Waals surface area contributed by atoms with Crippen LogP contribution in [0.1, 0.15) is 24.1 Å². The molecule has 22 heavy (non-hydrogen) atoms. The molecular weight excluding hydrogens is 340 g/mol. The lowest BCUT2D eigenvalue weighted by molar-refractivity contribution is -0.122. The van der Waals surface area contributed by atoms with E-state index in [0.717, 1.165) is 16.6 Å². The molecule has 116 valence electrons. The van der Waals surface area contributed by atoms with Crippen LogP contribution in [0.5, 0.6) is 0 Å². The molecule has 3 nitrogen and oxygen atoms in total. The highest BCUT2D eigenvalue weighted by atomic mass is 79.9. The molecule has 0 saturated heterocycles. The highest BCUT2D eigenvalue weighted by Crippen LogP contribution is 2.17. The van der Waals surface area contributed by atoms with Gasteiger partial charge in [0, 0.05) is 11.0 Å². The molecule has 0 aliphatic heterocycles. The first-order chi connectivity index (χ1) is 10.6. The van der Waals surface area contributed by atoms with Crippen LogP contribution >= 0.6 is 15.9 Å². The molecule has 1 N–H and O–H groups in total. The Morgan fingerprint density at radius 3 is 2.45 bits per heavy atom. The first-order valence-corrected chi connectivity index (χ1v) is 8.12. The predicted molar refractivity (Wildman–Crippen MR) is 93.5 cm³/mol. The normalized spacial score (nSPS) is 12.2. The maximum Gasteiger partial charge on any atom is 0.234 e. The number of halogens is 1. The van der Waals surface area contributed by atoms with E-state index in [9.17, 15) is 4.79 Å². The third-order valence-electron chi connectivity index (χ3n) is 3.49. The van der Waals surface area contributed by atoms with E-state index in [0.29, 0.717) is 6.54 Å². The first-order valence-electron chi connectivity index (χ1n) is 7.32. The molecule has 2 aromatic carbocycles. The smallest absolute Gasteiger partial charge is 0.234 e. The van der Waals surface area contributed by atoms with Crippen molar-refractivity contribution in [2.45, 2.75) is 19.5 Å². The number of amides is 1. The van der Waals surface area contributed by atoms with Crippen molar-refractivity contribution in [3.63, 3.8) is 0 Å². The van der Waals surface area contributed by atoms with Crippen molar-refractivity contribution in [2.75, 3.05) is 13.6 Å². The summed E-state index contributed by atoms with van der Waals surface area (Å²) in [6.45, 7) is 3.11. The number of hydrogen-bond donors (Lipinski definition) is 1. The van der Waals surface area contributed by atoms with Crippen molar-refractivity contribution < 1.29 is 4.79 Å². The zero-order valence-corrected chi connectivity index (χ0v) is 14.5. The third-order valence-corrected chi connectivity index (χ3v) is 4.26. The quantitative estimate of drug-likeness (QED) is 0.850. The summed E-state index contributed by atoms with van der Waals surface area (Å²) < 4.78 is 1.07. The fraction of sp³-hybridized carbons (Fsp3) is 0.278. The molecule has 0 heterocycles. The van der Waals surface area contributed by atoms with Crippen LogP contribution in [0.15, 0.2) is 59.1 Å². The molecule has 0 bridgehead atoms. The minimum Gasteiger partial charge on any atom is -0.348 e. The number of rotatable bonds is 6. The summed E-state index contributed by atoms with van der Waals surface area (Å²) >= 11 is 3.53. The Morgan fingerprint density at radius 2 is 1.77 bits per heavy atom. The molecule has 0 radical (unpaired) electrons. The molecule has 4 heteroatoms. The van der Waals surface area contributed by atoms with E-state index in [1.165, 1.54) is 5.56 Å². The van der Waals surface area contributed by atoms with Crippen molar-refractivity contribution in [3.05, 3.63) is 70.2 Å². The van der Waals surface area contributed by atoms with E-state index in [1.54, 1.807) is 0 Å². The highest BCUT2D eigenvalue weighted by Gasteiger charge is 2.12. The molecule has 0 aliphatic rings. The van der Waals surface area contributed by atoms with Gasteiger partial charge in [-0.25, -0.2) is 0 Å². The monoisotopic (exact) mass is 360 g/mol. The third kappa shape index (κ3) is 4.97. The summed E-state index contributed by atoms with van der Waals surface area (Å²) in [5.74, 6) is 0.0332. The summed E-state index contributed by atoms with van der Waals surface area (Å²) in [5.41, 5.74) is 2.29. The Morgan fingerprint density at radius 1 is 1.14 bits per heavy atom. The van der Waals surface area contributed by atoms with Crippen LogP contribution in [0.2, 0.25) is 0 Å². The Balaban J connectivity index is 1.85. The van der Waals surface area contributed by atoms with Gasteiger partial charge in [0.2, 0.25) is 5.91 Å². The second-order valence-electron chi connectivity index (χ2n) is 5.46. The van der Waals surface area contributed by atoms with E-state index in [4.69, 9.17) is 0 Å². The second kappa shape index (κ2) is 8.11. The van der Waals surface area contributed by atoms with Crippen LogP contribution in [0.25, 0.3) is 0 Å². The van der Waals surface area contributed by atoms with E-state index in [-0.39, 0.29) is 11.9 Å². The van der Waals surface area contributed by atoms with Crippen molar-refractivity contribution in [1.29, 1.82) is 0 Å². The van der Waals surface area contributed by atoms with Crippen molar-refractivity contribution in [1.82, 2.24) is 10.2 Å². The standard InChI is InChI=1S/C18H21BrN2O/c1-14(15-8-4-3-5-9-15)20-18(22)13-21(2)12-16-10-6-7-11-17(16)19/h3-11,14H,12-13H2,1-2H3,(H,20,22). The molecular formula is C18H21BrN2O. The number of carbonyl (C=O) groups is 1. The Hall–Kier alpha value is -1.65. The lowest BCUT2D eigenvalue weighted by Crippen LogP contribution is -2.36. The van der Waals surface area contributed by atoms with Crippen molar-refractivity contribution in [3.8, 4) is 0 Å². The number of hydrogen-bond acceptors (Lipinski definition) is 2. The van der Waals surface area contributed by atoms with E-state index < -0.39 is 0 Å². The van der Waals surface area contributed by atoms with E-state index >= 15 is 0 Å². The van der Waals surface area contributed by atoms with Crippen molar-refractivity contribution in [2.24, 2.45) is 0 Å². The summed E-state index contributed by atoms with van der Waals surface area (Å²) in [4.78, 5) is 14.2. The maximum absolute atomic E-state index is 12.1. The largest absolute Gasteiger partial charge is 0.348 e. The summed E-state index contributed by atoms with van der Waals surface area (Å²) in [7, 11) is 1.95. The van der Waals surface area contributed by atoms with Gasteiger partial charge >= 0.3 is 0 Å². The van der Waals surface area contributed by atoms with Crippen molar-refractivity contribution >= 4 is 21.8 Å². The molecule has 0 saturated carbocycles. The minimum atomic E-state index is 0.0190. The lowest BCUT2D eigenvalue weighted by atomic mass is 10.1. The van der Waals surface area contributed by atoms with Gasteiger partial charge in [0.05, 0.1) is 12.6 Å². The number of nitrogens with zero attached hydrogens (tertiary/aromatic N) is 1. The Labute approximate surface area is 140 Å². The van der Waals surface area contributed by atoms with Gasteiger partial charge in [0.1, 0.15) is 0 Å². The second-order valence-corrected chi connectivity index (χ2v) is 6.32. The van der Waals surface area contributed by atoms with Gasteiger partial charge in [0.25, 0.3) is 0 Å². The fourth-order valence-electron chi connectivity index (χ4n) is 2.33. The average Bonchev–Trinajstić information content (AvgIpc) is 2.50. The van der Waals surface area contributed by atoms with Crippen LogP contribution in [-0.4, -0.2) is 24.4 Å². The van der Waals surface area contributed by atoms with E-state index in [1.807, 2.05) is 67.4 Å². The molecule has 1 amide bonds. The lowest BCUT2D eigenvalue weighted by Gasteiger charge is -2.19. The molecule has 1 atom stereocenters. The molecule has 0 fully saturated rings. The van der Waals surface area contributed by atoms with Gasteiger partial charge in [-0.05, 0) is 31.2 Å². The van der Waals surface area contributed by atoms with Gasteiger partial charge < -0.3 is 5.32 Å². The molecule has 0 aliphatic carbocycles. The fourth-order valence-corrected chi connectivity index (χ4v) is 2.74. The zero-order chi connectivity index (χ0) is 15.9. The van der Waals surface area contributed by atoms with Crippen LogP contribution < -0.4 is 5.32 Å². The highest BCUT2D eigenvalue weighted by molar-refractivity contribution is 9.10. The van der Waals surface area contributed by atoms with Crippen LogP contribution in [0.3, 0.4) is 0 Å².